The smallest absolute Gasteiger partial charge is 0.0366 e. The summed E-state index contributed by atoms with van der Waals surface area (Å²) in [5, 5.41) is 0. The normalized spacial score (nSPS) is 16.2. The Kier molecular flexibility index (Phi) is 8.75. The van der Waals surface area contributed by atoms with Gasteiger partial charge in [0.15, 0.2) is 0 Å². The van der Waals surface area contributed by atoms with Gasteiger partial charge in [0, 0.05) is 18.8 Å². The van der Waals surface area contributed by atoms with E-state index < -0.39 is 0 Å². The van der Waals surface area contributed by atoms with Crippen molar-refractivity contribution in [3.05, 3.63) is 59.7 Å². The van der Waals surface area contributed by atoms with E-state index in [1.54, 1.807) is 0 Å². The first kappa shape index (κ1) is 21.3. The Balaban J connectivity index is 0.000000970. The first-order chi connectivity index (χ1) is 11.8. The third-order valence-corrected chi connectivity index (χ3v) is 4.29. The minimum Gasteiger partial charge on any atom is -0.372 e. The van der Waals surface area contributed by atoms with Crippen molar-refractivity contribution >= 4 is 11.8 Å². The number of anilines is 1. The lowest BCUT2D eigenvalue weighted by molar-refractivity contribution is 0.355. The molecule has 1 aromatic carbocycles. The molecule has 0 bridgehead atoms. The maximum absolute atomic E-state index is 4.15. The summed E-state index contributed by atoms with van der Waals surface area (Å²) in [6.07, 6.45) is 10.2. The monoisotopic (exact) mass is 339 g/mol. The Hall–Kier alpha value is -1.76. The van der Waals surface area contributed by atoms with E-state index in [4.69, 9.17) is 0 Å². The second kappa shape index (κ2) is 10.3. The minimum atomic E-state index is 0.331. The summed E-state index contributed by atoms with van der Waals surface area (Å²) in [6, 6.07) is 8.83. The van der Waals surface area contributed by atoms with Crippen LogP contribution in [0, 0.1) is 5.41 Å². The van der Waals surface area contributed by atoms with Gasteiger partial charge in [-0.2, -0.15) is 0 Å². The number of allylic oxidation sites excluding steroid dienone is 4. The molecule has 25 heavy (non-hydrogen) atoms. The van der Waals surface area contributed by atoms with Gasteiger partial charge in [0.05, 0.1) is 0 Å². The highest BCUT2D eigenvalue weighted by Crippen LogP contribution is 2.37. The van der Waals surface area contributed by atoms with Crippen LogP contribution in [-0.2, 0) is 0 Å². The molecule has 1 nitrogen and oxygen atoms in total. The molecule has 0 saturated carbocycles. The van der Waals surface area contributed by atoms with E-state index in [1.165, 1.54) is 28.8 Å². The van der Waals surface area contributed by atoms with E-state index in [-0.39, 0.29) is 0 Å². The summed E-state index contributed by atoms with van der Waals surface area (Å²) in [7, 11) is 0. The first-order valence-corrected chi connectivity index (χ1v) is 9.76. The Morgan fingerprint density at radius 2 is 1.52 bits per heavy atom. The molecule has 0 saturated heterocycles. The van der Waals surface area contributed by atoms with Gasteiger partial charge < -0.3 is 4.90 Å². The van der Waals surface area contributed by atoms with Gasteiger partial charge in [0.25, 0.3) is 0 Å². The summed E-state index contributed by atoms with van der Waals surface area (Å²) in [5.41, 5.74) is 5.51. The summed E-state index contributed by atoms with van der Waals surface area (Å²) < 4.78 is 0. The fraction of sp³-hybridized carbons (Fsp3) is 0.500. The maximum Gasteiger partial charge on any atom is 0.0366 e. The molecule has 0 N–H and O–H groups in total. The highest BCUT2D eigenvalue weighted by atomic mass is 15.1. The zero-order valence-electron chi connectivity index (χ0n) is 17.2. The minimum absolute atomic E-state index is 0.331. The Morgan fingerprint density at radius 1 is 0.960 bits per heavy atom. The molecular formula is C24H37N. The van der Waals surface area contributed by atoms with Crippen molar-refractivity contribution in [1.82, 2.24) is 0 Å². The van der Waals surface area contributed by atoms with Crippen LogP contribution in [0.1, 0.15) is 66.4 Å². The number of hydrogen-bond donors (Lipinski definition) is 0. The molecule has 1 aliphatic rings. The molecule has 0 spiro atoms. The molecule has 0 atom stereocenters. The zero-order chi connectivity index (χ0) is 18.9. The Labute approximate surface area is 156 Å². The predicted octanol–water partition coefficient (Wildman–Crippen LogP) is 7.26. The van der Waals surface area contributed by atoms with Gasteiger partial charge in [-0.05, 0) is 55.4 Å². The lowest BCUT2D eigenvalue weighted by Gasteiger charge is -2.29. The fourth-order valence-electron chi connectivity index (χ4n) is 3.29. The van der Waals surface area contributed by atoms with Gasteiger partial charge >= 0.3 is 0 Å². The van der Waals surface area contributed by atoms with E-state index in [9.17, 15) is 0 Å². The molecule has 0 aromatic heterocycles. The van der Waals surface area contributed by atoms with E-state index >= 15 is 0 Å². The van der Waals surface area contributed by atoms with Crippen molar-refractivity contribution < 1.29 is 0 Å². The van der Waals surface area contributed by atoms with Gasteiger partial charge in [-0.1, -0.05) is 76.6 Å². The SMILES string of the molecule is C=C1C=C(/C=C/c2ccc(N(CC)CC)cc2)CC(C)(C)C1.CCC. The second-order valence-electron chi connectivity index (χ2n) is 7.70. The molecule has 1 aromatic rings. The van der Waals surface area contributed by atoms with Crippen LogP contribution in [0.2, 0.25) is 0 Å². The van der Waals surface area contributed by atoms with Gasteiger partial charge in [-0.25, -0.2) is 0 Å². The lowest BCUT2D eigenvalue weighted by Crippen LogP contribution is -2.21. The van der Waals surface area contributed by atoms with E-state index in [1.807, 2.05) is 0 Å². The second-order valence-corrected chi connectivity index (χ2v) is 7.70. The lowest BCUT2D eigenvalue weighted by atomic mass is 9.75. The van der Waals surface area contributed by atoms with Crippen molar-refractivity contribution in [2.45, 2.75) is 60.8 Å². The van der Waals surface area contributed by atoms with E-state index in [0.717, 1.165) is 25.9 Å². The van der Waals surface area contributed by atoms with Crippen LogP contribution < -0.4 is 4.90 Å². The topological polar surface area (TPSA) is 3.24 Å². The van der Waals surface area contributed by atoms with Crippen LogP contribution in [0.15, 0.2) is 54.1 Å². The van der Waals surface area contributed by atoms with Crippen LogP contribution in [0.25, 0.3) is 6.08 Å². The summed E-state index contributed by atoms with van der Waals surface area (Å²) in [4.78, 5) is 2.36. The van der Waals surface area contributed by atoms with Gasteiger partial charge in [0.2, 0.25) is 0 Å². The summed E-state index contributed by atoms with van der Waals surface area (Å²) in [5.74, 6) is 0. The standard InChI is InChI=1S/C21H29N.C3H8/c1-6-22(7-2)20-12-10-18(11-13-20)8-9-19-14-17(3)15-21(4,5)16-19;1-3-2/h8-14H,3,6-7,15-16H2,1-2,4-5H3;3H2,1-2H3/b9-8+;. The predicted molar refractivity (Wildman–Crippen MR) is 115 cm³/mol. The molecule has 0 radical (unpaired) electrons. The molecule has 0 aliphatic heterocycles. The largest absolute Gasteiger partial charge is 0.372 e. The number of nitrogens with zero attached hydrogens (tertiary/aromatic N) is 1. The number of rotatable bonds is 5. The van der Waals surface area contributed by atoms with Crippen molar-refractivity contribution in [3.8, 4) is 0 Å². The molecule has 1 heteroatoms. The van der Waals surface area contributed by atoms with Gasteiger partial charge in [-0.15, -0.1) is 0 Å². The van der Waals surface area contributed by atoms with Gasteiger partial charge in [0.1, 0.15) is 0 Å². The highest BCUT2D eigenvalue weighted by Gasteiger charge is 2.23. The van der Waals surface area contributed by atoms with Gasteiger partial charge in [-0.3, -0.25) is 0 Å². The van der Waals surface area contributed by atoms with Crippen molar-refractivity contribution in [3.63, 3.8) is 0 Å². The highest BCUT2D eigenvalue weighted by molar-refractivity contribution is 5.58. The third kappa shape index (κ3) is 7.34. The fourth-order valence-corrected chi connectivity index (χ4v) is 3.29. The van der Waals surface area contributed by atoms with E-state index in [0.29, 0.717) is 5.41 Å². The van der Waals surface area contributed by atoms with Crippen molar-refractivity contribution in [1.29, 1.82) is 0 Å². The van der Waals surface area contributed by atoms with Crippen LogP contribution in [0.5, 0.6) is 0 Å². The molecule has 1 aliphatic carbocycles. The molecule has 0 heterocycles. The van der Waals surface area contributed by atoms with Crippen LogP contribution in [0.3, 0.4) is 0 Å². The number of hydrogen-bond acceptors (Lipinski definition) is 1. The third-order valence-electron chi connectivity index (χ3n) is 4.29. The molecule has 0 fully saturated rings. The summed E-state index contributed by atoms with van der Waals surface area (Å²) >= 11 is 0. The summed E-state index contributed by atoms with van der Waals surface area (Å²) in [6.45, 7) is 19.5. The molecule has 0 amide bonds. The van der Waals surface area contributed by atoms with Crippen molar-refractivity contribution in [2.75, 3.05) is 18.0 Å². The Bertz CT molecular complexity index is 583. The van der Waals surface area contributed by atoms with Crippen molar-refractivity contribution in [2.24, 2.45) is 5.41 Å². The molecule has 0 unspecified atom stereocenters. The zero-order valence-corrected chi connectivity index (χ0v) is 17.2. The Morgan fingerprint density at radius 3 is 2.00 bits per heavy atom. The quantitative estimate of drug-likeness (QED) is 0.545. The average Bonchev–Trinajstić information content (AvgIpc) is 2.54. The van der Waals surface area contributed by atoms with Crippen LogP contribution in [0.4, 0.5) is 5.69 Å². The molecular weight excluding hydrogens is 302 g/mol. The molecule has 2 rings (SSSR count). The van der Waals surface area contributed by atoms with Crippen LogP contribution in [-0.4, -0.2) is 13.1 Å². The maximum atomic E-state index is 4.15. The number of benzene rings is 1. The molecule has 138 valence electrons. The average molecular weight is 340 g/mol. The van der Waals surface area contributed by atoms with E-state index in [2.05, 4.69) is 95.5 Å². The van der Waals surface area contributed by atoms with Crippen LogP contribution >= 0.6 is 0 Å². The first-order valence-electron chi connectivity index (χ1n) is 9.76.